The van der Waals surface area contributed by atoms with E-state index in [1.807, 2.05) is 49.8 Å². The average molecular weight is 393 g/mol. The van der Waals surface area contributed by atoms with Gasteiger partial charge in [0.25, 0.3) is 0 Å². The van der Waals surface area contributed by atoms with Crippen LogP contribution in [0.4, 0.5) is 4.79 Å². The normalized spacial score (nSPS) is 15.6. The van der Waals surface area contributed by atoms with Crippen LogP contribution in [-0.4, -0.2) is 49.4 Å². The summed E-state index contributed by atoms with van der Waals surface area (Å²) in [4.78, 5) is 23.1. The fourth-order valence-electron chi connectivity index (χ4n) is 3.73. The lowest BCUT2D eigenvalue weighted by Gasteiger charge is -2.33. The molecule has 152 valence electrons. The van der Waals surface area contributed by atoms with Gasteiger partial charge in [0.1, 0.15) is 11.9 Å². The van der Waals surface area contributed by atoms with Crippen LogP contribution in [0.15, 0.2) is 42.9 Å². The molecular weight excluding hydrogens is 366 g/mol. The summed E-state index contributed by atoms with van der Waals surface area (Å²) in [5.74, 6) is 0. The van der Waals surface area contributed by atoms with E-state index in [1.54, 1.807) is 11.2 Å². The number of benzene rings is 1. The van der Waals surface area contributed by atoms with Gasteiger partial charge in [0.05, 0.1) is 23.3 Å². The predicted octanol–water partition coefficient (Wildman–Crippen LogP) is 3.99. The average Bonchev–Trinajstić information content (AvgIpc) is 3.13. The van der Waals surface area contributed by atoms with E-state index in [1.165, 1.54) is 5.56 Å². The molecule has 3 heterocycles. The molecule has 7 nitrogen and oxygen atoms in total. The minimum Gasteiger partial charge on any atom is -0.444 e. The summed E-state index contributed by atoms with van der Waals surface area (Å²) in [6, 6.07) is 10.5. The van der Waals surface area contributed by atoms with Crippen molar-refractivity contribution in [2.24, 2.45) is 0 Å². The Labute approximate surface area is 170 Å². The number of hydrogen-bond acceptors (Lipinski definition) is 5. The van der Waals surface area contributed by atoms with Gasteiger partial charge in [-0.1, -0.05) is 30.3 Å². The molecule has 2 aromatic heterocycles. The van der Waals surface area contributed by atoms with Crippen molar-refractivity contribution in [3.63, 3.8) is 0 Å². The third-order valence-corrected chi connectivity index (χ3v) is 5.15. The van der Waals surface area contributed by atoms with Crippen LogP contribution in [0.25, 0.3) is 11.0 Å². The van der Waals surface area contributed by atoms with Crippen LogP contribution in [0, 0.1) is 0 Å². The van der Waals surface area contributed by atoms with Crippen molar-refractivity contribution in [1.29, 1.82) is 0 Å². The molecule has 0 N–H and O–H groups in total. The van der Waals surface area contributed by atoms with Crippen LogP contribution < -0.4 is 0 Å². The Morgan fingerprint density at radius 1 is 1.14 bits per heavy atom. The van der Waals surface area contributed by atoms with Gasteiger partial charge in [0, 0.05) is 19.5 Å². The summed E-state index contributed by atoms with van der Waals surface area (Å²) in [5.41, 5.74) is 2.59. The summed E-state index contributed by atoms with van der Waals surface area (Å²) in [7, 11) is 0. The Bertz CT molecular complexity index is 985. The summed E-state index contributed by atoms with van der Waals surface area (Å²) in [5, 5.41) is 5.62. The van der Waals surface area contributed by atoms with Crippen molar-refractivity contribution in [1.82, 2.24) is 24.6 Å². The van der Waals surface area contributed by atoms with Crippen molar-refractivity contribution in [2.75, 3.05) is 13.1 Å². The van der Waals surface area contributed by atoms with Crippen molar-refractivity contribution < 1.29 is 9.53 Å². The lowest BCUT2D eigenvalue weighted by atomic mass is 10.1. The monoisotopic (exact) mass is 393 g/mol. The number of carbonyl (C=O) groups is 1. The zero-order valence-electron chi connectivity index (χ0n) is 17.2. The molecule has 0 radical (unpaired) electrons. The van der Waals surface area contributed by atoms with Crippen LogP contribution in [0.1, 0.15) is 50.9 Å². The number of aromatic nitrogens is 4. The van der Waals surface area contributed by atoms with E-state index in [2.05, 4.69) is 27.2 Å². The molecule has 1 saturated heterocycles. The Balaban J connectivity index is 1.48. The van der Waals surface area contributed by atoms with E-state index < -0.39 is 5.60 Å². The van der Waals surface area contributed by atoms with Crippen molar-refractivity contribution in [2.45, 2.75) is 51.7 Å². The number of ether oxygens (including phenoxy) is 1. The second-order valence-corrected chi connectivity index (χ2v) is 8.51. The molecule has 7 heteroatoms. The number of fused-ring (bicyclic) bond motifs is 1. The maximum Gasteiger partial charge on any atom is 0.410 e. The Kier molecular flexibility index (Phi) is 5.22. The first kappa shape index (κ1) is 19.4. The molecule has 1 aliphatic heterocycles. The summed E-state index contributed by atoms with van der Waals surface area (Å²) in [6.45, 7) is 6.98. The highest BCUT2D eigenvalue weighted by molar-refractivity contribution is 5.77. The van der Waals surface area contributed by atoms with Gasteiger partial charge in [-0.15, -0.1) is 0 Å². The number of carbonyl (C=O) groups excluding carboxylic acids is 1. The maximum absolute atomic E-state index is 12.3. The van der Waals surface area contributed by atoms with Gasteiger partial charge in [0.15, 0.2) is 5.65 Å². The highest BCUT2D eigenvalue weighted by atomic mass is 16.6. The first-order valence-corrected chi connectivity index (χ1v) is 10.1. The number of nitrogens with zero attached hydrogens (tertiary/aromatic N) is 5. The topological polar surface area (TPSA) is 73.1 Å². The molecule has 0 spiro atoms. The second kappa shape index (κ2) is 7.81. The number of rotatable bonds is 3. The van der Waals surface area contributed by atoms with Crippen molar-refractivity contribution >= 4 is 17.1 Å². The lowest BCUT2D eigenvalue weighted by molar-refractivity contribution is 0.0186. The van der Waals surface area contributed by atoms with Crippen LogP contribution >= 0.6 is 0 Å². The number of amides is 1. The molecule has 29 heavy (non-hydrogen) atoms. The van der Waals surface area contributed by atoms with Crippen LogP contribution in [0.2, 0.25) is 0 Å². The number of hydrogen-bond donors (Lipinski definition) is 0. The molecular formula is C22H27N5O2. The molecule has 1 amide bonds. The molecule has 3 aromatic rings. The lowest BCUT2D eigenvalue weighted by Crippen LogP contribution is -2.42. The largest absolute Gasteiger partial charge is 0.444 e. The van der Waals surface area contributed by atoms with Gasteiger partial charge in [-0.05, 0) is 39.2 Å². The van der Waals surface area contributed by atoms with Crippen LogP contribution in [0.3, 0.4) is 0 Å². The van der Waals surface area contributed by atoms with E-state index in [4.69, 9.17) is 4.74 Å². The van der Waals surface area contributed by atoms with E-state index in [0.717, 1.165) is 36.0 Å². The highest BCUT2D eigenvalue weighted by Crippen LogP contribution is 2.27. The van der Waals surface area contributed by atoms with Gasteiger partial charge < -0.3 is 9.64 Å². The molecule has 0 atom stereocenters. The first-order chi connectivity index (χ1) is 13.9. The van der Waals surface area contributed by atoms with Crippen LogP contribution in [-0.2, 0) is 11.2 Å². The molecule has 1 aromatic carbocycles. The van der Waals surface area contributed by atoms with Gasteiger partial charge in [0.2, 0.25) is 0 Å². The molecule has 0 aliphatic carbocycles. The SMILES string of the molecule is CC(C)(C)OC(=O)N1CCC(n2ncc3c(Cc4ccccc4)ncnc32)CC1. The van der Waals surface area contributed by atoms with E-state index in [9.17, 15) is 4.79 Å². The summed E-state index contributed by atoms with van der Waals surface area (Å²) < 4.78 is 7.49. The van der Waals surface area contributed by atoms with E-state index >= 15 is 0 Å². The predicted molar refractivity (Wildman–Crippen MR) is 111 cm³/mol. The molecule has 0 saturated carbocycles. The molecule has 1 fully saturated rings. The van der Waals surface area contributed by atoms with Gasteiger partial charge in [-0.25, -0.2) is 19.4 Å². The third-order valence-electron chi connectivity index (χ3n) is 5.15. The molecule has 0 unspecified atom stereocenters. The molecule has 4 rings (SSSR count). The van der Waals surface area contributed by atoms with Gasteiger partial charge in [-0.3, -0.25) is 0 Å². The first-order valence-electron chi connectivity index (χ1n) is 10.1. The van der Waals surface area contributed by atoms with Gasteiger partial charge in [-0.2, -0.15) is 5.10 Å². The Hall–Kier alpha value is -2.96. The highest BCUT2D eigenvalue weighted by Gasteiger charge is 2.28. The standard InChI is InChI=1S/C22H27N5O2/c1-22(2,3)29-21(28)26-11-9-17(10-12-26)27-20-18(14-25-27)19(23-15-24-20)13-16-7-5-4-6-8-16/h4-8,14-15,17H,9-13H2,1-3H3. The Morgan fingerprint density at radius 2 is 1.86 bits per heavy atom. The fraction of sp³-hybridized carbons (Fsp3) is 0.455. The maximum atomic E-state index is 12.3. The van der Waals surface area contributed by atoms with Gasteiger partial charge >= 0.3 is 6.09 Å². The quantitative estimate of drug-likeness (QED) is 0.673. The number of likely N-dealkylation sites (tertiary alicyclic amines) is 1. The summed E-state index contributed by atoms with van der Waals surface area (Å²) >= 11 is 0. The third kappa shape index (κ3) is 4.39. The van der Waals surface area contributed by atoms with Crippen molar-refractivity contribution in [3.8, 4) is 0 Å². The minimum atomic E-state index is -0.474. The zero-order chi connectivity index (χ0) is 20.4. The van der Waals surface area contributed by atoms with Crippen LogP contribution in [0.5, 0.6) is 0 Å². The molecule has 0 bridgehead atoms. The zero-order valence-corrected chi connectivity index (χ0v) is 17.2. The number of piperidine rings is 1. The van der Waals surface area contributed by atoms with Crippen molar-refractivity contribution in [3.05, 3.63) is 54.1 Å². The van der Waals surface area contributed by atoms with E-state index in [-0.39, 0.29) is 12.1 Å². The minimum absolute atomic E-state index is 0.214. The Morgan fingerprint density at radius 3 is 2.55 bits per heavy atom. The second-order valence-electron chi connectivity index (χ2n) is 8.51. The fourth-order valence-corrected chi connectivity index (χ4v) is 3.73. The smallest absolute Gasteiger partial charge is 0.410 e. The molecule has 1 aliphatic rings. The van der Waals surface area contributed by atoms with E-state index in [0.29, 0.717) is 13.1 Å². The summed E-state index contributed by atoms with van der Waals surface area (Å²) in [6.07, 6.45) is 5.65.